The van der Waals surface area contributed by atoms with Crippen molar-refractivity contribution in [2.45, 2.75) is 32.6 Å². The van der Waals surface area contributed by atoms with Crippen LogP contribution < -0.4 is 4.74 Å². The van der Waals surface area contributed by atoms with Crippen molar-refractivity contribution in [2.24, 2.45) is 0 Å². The molecule has 6 heteroatoms. The Balaban J connectivity index is 3.06. The topological polar surface area (TPSA) is 52.6 Å². The first-order chi connectivity index (χ1) is 8.79. The summed E-state index contributed by atoms with van der Waals surface area (Å²) >= 11 is 0. The molecule has 1 aromatic carbocycles. The van der Waals surface area contributed by atoms with Gasteiger partial charge in [-0.3, -0.25) is 0 Å². The highest BCUT2D eigenvalue weighted by Gasteiger charge is 2.19. The molecule has 0 bridgehead atoms. The van der Waals surface area contributed by atoms with Gasteiger partial charge in [0.25, 0.3) is 9.05 Å². The summed E-state index contributed by atoms with van der Waals surface area (Å²) < 4.78 is 33.8. The van der Waals surface area contributed by atoms with Crippen molar-refractivity contribution in [1.29, 1.82) is 0 Å². The molecule has 0 aliphatic heterocycles. The van der Waals surface area contributed by atoms with Crippen LogP contribution in [-0.2, 0) is 13.8 Å². The van der Waals surface area contributed by atoms with Crippen LogP contribution in [0.4, 0.5) is 0 Å². The van der Waals surface area contributed by atoms with Gasteiger partial charge in [-0.25, -0.2) is 8.42 Å². The first-order valence-electron chi connectivity index (χ1n) is 6.05. The molecule has 108 valence electrons. The molecular formula is C13H19ClO4S. The molecule has 0 amide bonds. The Bertz CT molecular complexity index is 552. The summed E-state index contributed by atoms with van der Waals surface area (Å²) in [6, 6.07) is 1.54. The van der Waals surface area contributed by atoms with E-state index in [0.717, 1.165) is 11.1 Å². The van der Waals surface area contributed by atoms with Gasteiger partial charge in [0, 0.05) is 17.3 Å². The van der Waals surface area contributed by atoms with Crippen LogP contribution in [0.1, 0.15) is 23.6 Å². The molecule has 0 heterocycles. The van der Waals surface area contributed by atoms with Crippen molar-refractivity contribution >= 4 is 19.7 Å². The van der Waals surface area contributed by atoms with Crippen molar-refractivity contribution < 1.29 is 17.9 Å². The van der Waals surface area contributed by atoms with Gasteiger partial charge in [0.05, 0.1) is 11.5 Å². The number of hydrogen-bond acceptors (Lipinski definition) is 4. The molecule has 0 unspecified atom stereocenters. The van der Waals surface area contributed by atoms with Gasteiger partial charge in [-0.15, -0.1) is 0 Å². The zero-order valence-electron chi connectivity index (χ0n) is 11.6. The van der Waals surface area contributed by atoms with Gasteiger partial charge in [0.1, 0.15) is 12.4 Å². The van der Waals surface area contributed by atoms with Crippen molar-refractivity contribution in [3.05, 3.63) is 22.8 Å². The number of benzene rings is 1. The lowest BCUT2D eigenvalue weighted by Gasteiger charge is -2.16. The standard InChI is InChI=1S/C13H19ClO4S/c1-5-17-6-7-18-13-9(2)8-12(19(14,15)16)10(3)11(13)4/h8H,5-7H2,1-4H3. The lowest BCUT2D eigenvalue weighted by atomic mass is 10.1. The zero-order chi connectivity index (χ0) is 14.6. The summed E-state index contributed by atoms with van der Waals surface area (Å²) in [5.41, 5.74) is 2.15. The third kappa shape index (κ3) is 4.09. The summed E-state index contributed by atoms with van der Waals surface area (Å²) in [5.74, 6) is 0.696. The van der Waals surface area contributed by atoms with E-state index in [2.05, 4.69) is 0 Å². The second-order valence-corrected chi connectivity index (χ2v) is 6.79. The van der Waals surface area contributed by atoms with E-state index in [1.54, 1.807) is 19.9 Å². The zero-order valence-corrected chi connectivity index (χ0v) is 13.2. The van der Waals surface area contributed by atoms with Gasteiger partial charge in [-0.05, 0) is 50.5 Å². The van der Waals surface area contributed by atoms with Gasteiger partial charge >= 0.3 is 0 Å². The van der Waals surface area contributed by atoms with Crippen molar-refractivity contribution in [3.63, 3.8) is 0 Å². The van der Waals surface area contributed by atoms with Crippen molar-refractivity contribution in [1.82, 2.24) is 0 Å². The Kier molecular flexibility index (Phi) is 5.64. The lowest BCUT2D eigenvalue weighted by molar-refractivity contribution is 0.109. The van der Waals surface area contributed by atoms with Crippen LogP contribution in [0.5, 0.6) is 5.75 Å². The third-order valence-electron chi connectivity index (χ3n) is 2.92. The SMILES string of the molecule is CCOCCOc1c(C)cc(S(=O)(=O)Cl)c(C)c1C. The molecule has 1 aromatic rings. The molecule has 0 saturated heterocycles. The molecule has 0 saturated carbocycles. The number of rotatable bonds is 6. The van der Waals surface area contributed by atoms with Gasteiger partial charge < -0.3 is 9.47 Å². The first kappa shape index (κ1) is 16.3. The van der Waals surface area contributed by atoms with Crippen LogP contribution in [0.25, 0.3) is 0 Å². The van der Waals surface area contributed by atoms with Crippen LogP contribution in [0.2, 0.25) is 0 Å². The molecule has 0 atom stereocenters. The van der Waals surface area contributed by atoms with Crippen LogP contribution in [-0.4, -0.2) is 28.2 Å². The minimum Gasteiger partial charge on any atom is -0.491 e. The maximum Gasteiger partial charge on any atom is 0.261 e. The summed E-state index contributed by atoms with van der Waals surface area (Å²) in [6.45, 7) is 8.84. The Labute approximate surface area is 119 Å². The highest BCUT2D eigenvalue weighted by Crippen LogP contribution is 2.32. The monoisotopic (exact) mass is 306 g/mol. The van der Waals surface area contributed by atoms with Gasteiger partial charge in [-0.1, -0.05) is 0 Å². The summed E-state index contributed by atoms with van der Waals surface area (Å²) in [6.07, 6.45) is 0. The highest BCUT2D eigenvalue weighted by molar-refractivity contribution is 8.13. The predicted octanol–water partition coefficient (Wildman–Crippen LogP) is 2.95. The predicted molar refractivity (Wildman–Crippen MR) is 75.7 cm³/mol. The average molecular weight is 307 g/mol. The second-order valence-electron chi connectivity index (χ2n) is 4.25. The largest absolute Gasteiger partial charge is 0.491 e. The first-order valence-corrected chi connectivity index (χ1v) is 8.36. The van der Waals surface area contributed by atoms with Crippen molar-refractivity contribution in [2.75, 3.05) is 19.8 Å². The molecule has 0 fully saturated rings. The number of hydrogen-bond donors (Lipinski definition) is 0. The lowest BCUT2D eigenvalue weighted by Crippen LogP contribution is -2.09. The quantitative estimate of drug-likeness (QED) is 0.599. The minimum atomic E-state index is -3.73. The number of halogens is 1. The molecular weight excluding hydrogens is 288 g/mol. The van der Waals surface area contributed by atoms with Gasteiger partial charge in [-0.2, -0.15) is 0 Å². The fraction of sp³-hybridized carbons (Fsp3) is 0.538. The number of ether oxygens (including phenoxy) is 2. The molecule has 0 aliphatic rings. The van der Waals surface area contributed by atoms with Gasteiger partial charge in [0.2, 0.25) is 0 Å². The van der Waals surface area contributed by atoms with Crippen LogP contribution in [0, 0.1) is 20.8 Å². The summed E-state index contributed by atoms with van der Waals surface area (Å²) in [4.78, 5) is 0.140. The van der Waals surface area contributed by atoms with E-state index >= 15 is 0 Å². The fourth-order valence-electron chi connectivity index (χ4n) is 1.84. The van der Waals surface area contributed by atoms with Crippen LogP contribution in [0.3, 0.4) is 0 Å². The Hall–Kier alpha value is -0.780. The Morgan fingerprint density at radius 1 is 1.16 bits per heavy atom. The molecule has 0 aliphatic carbocycles. The maximum absolute atomic E-state index is 11.5. The summed E-state index contributed by atoms with van der Waals surface area (Å²) in [7, 11) is 1.68. The van der Waals surface area contributed by atoms with E-state index in [1.807, 2.05) is 13.8 Å². The molecule has 4 nitrogen and oxygen atoms in total. The van der Waals surface area contributed by atoms with E-state index in [9.17, 15) is 8.42 Å². The molecule has 19 heavy (non-hydrogen) atoms. The fourth-order valence-corrected chi connectivity index (χ4v) is 3.16. The van der Waals surface area contributed by atoms with E-state index in [1.165, 1.54) is 0 Å². The summed E-state index contributed by atoms with van der Waals surface area (Å²) in [5, 5.41) is 0. The average Bonchev–Trinajstić information content (AvgIpc) is 2.31. The smallest absolute Gasteiger partial charge is 0.261 e. The van der Waals surface area contributed by atoms with Crippen LogP contribution >= 0.6 is 10.7 Å². The molecule has 0 aromatic heterocycles. The van der Waals surface area contributed by atoms with E-state index < -0.39 is 9.05 Å². The van der Waals surface area contributed by atoms with E-state index in [0.29, 0.717) is 31.1 Å². The van der Waals surface area contributed by atoms with Gasteiger partial charge in [0.15, 0.2) is 0 Å². The van der Waals surface area contributed by atoms with E-state index in [-0.39, 0.29) is 4.90 Å². The normalized spacial score (nSPS) is 11.6. The molecule has 0 N–H and O–H groups in total. The highest BCUT2D eigenvalue weighted by atomic mass is 35.7. The third-order valence-corrected chi connectivity index (χ3v) is 4.37. The Morgan fingerprint density at radius 3 is 2.32 bits per heavy atom. The molecule has 0 radical (unpaired) electrons. The molecule has 0 spiro atoms. The van der Waals surface area contributed by atoms with Crippen molar-refractivity contribution in [3.8, 4) is 5.75 Å². The second kappa shape index (κ2) is 6.59. The molecule has 1 rings (SSSR count). The number of aryl methyl sites for hydroxylation is 1. The van der Waals surface area contributed by atoms with Crippen LogP contribution in [0.15, 0.2) is 11.0 Å². The minimum absolute atomic E-state index is 0.140. The van der Waals surface area contributed by atoms with E-state index in [4.69, 9.17) is 20.2 Å². The maximum atomic E-state index is 11.5. The Morgan fingerprint density at radius 2 is 1.79 bits per heavy atom.